The minimum Gasteiger partial charge on any atom is -0.326 e. The van der Waals surface area contributed by atoms with Crippen LogP contribution in [0.25, 0.3) is 11.1 Å². The fourth-order valence-corrected chi connectivity index (χ4v) is 3.24. The molecule has 4 aromatic rings. The Morgan fingerprint density at radius 2 is 1.46 bits per heavy atom. The van der Waals surface area contributed by atoms with E-state index in [0.29, 0.717) is 5.56 Å². The summed E-state index contributed by atoms with van der Waals surface area (Å²) in [6, 6.07) is 20.5. The maximum atomic E-state index is 14.6. The van der Waals surface area contributed by atoms with E-state index >= 15 is 0 Å². The minimum absolute atomic E-state index is 0.278. The Kier molecular flexibility index (Phi) is 4.32. The van der Waals surface area contributed by atoms with Gasteiger partial charge in [0.25, 0.3) is 0 Å². The molecule has 0 saturated carbocycles. The highest BCUT2D eigenvalue weighted by molar-refractivity contribution is 5.69. The van der Waals surface area contributed by atoms with Crippen LogP contribution in [-0.2, 0) is 0 Å². The summed E-state index contributed by atoms with van der Waals surface area (Å²) in [6.45, 7) is 0. The highest BCUT2D eigenvalue weighted by atomic mass is 19.1. The summed E-state index contributed by atoms with van der Waals surface area (Å²) >= 11 is 0. The van der Waals surface area contributed by atoms with Gasteiger partial charge < -0.3 is 4.57 Å². The summed E-state index contributed by atoms with van der Waals surface area (Å²) in [6.07, 6.45) is 5.17. The van der Waals surface area contributed by atoms with Gasteiger partial charge in [-0.3, -0.25) is 0 Å². The topological polar surface area (TPSA) is 17.8 Å². The molecule has 1 aromatic heterocycles. The van der Waals surface area contributed by atoms with Crippen molar-refractivity contribution in [2.75, 3.05) is 0 Å². The molecule has 0 bridgehead atoms. The maximum Gasteiger partial charge on any atom is 0.128 e. The predicted octanol–water partition coefficient (Wildman–Crippen LogP) is 5.47. The molecule has 0 aliphatic carbocycles. The zero-order valence-corrected chi connectivity index (χ0v) is 13.9. The summed E-state index contributed by atoms with van der Waals surface area (Å²) in [4.78, 5) is 4.13. The van der Waals surface area contributed by atoms with Crippen molar-refractivity contribution < 1.29 is 8.78 Å². The highest BCUT2D eigenvalue weighted by Crippen LogP contribution is 2.35. The fourth-order valence-electron chi connectivity index (χ4n) is 3.24. The number of nitrogens with zero attached hydrogens (tertiary/aromatic N) is 2. The molecule has 0 fully saturated rings. The van der Waals surface area contributed by atoms with Crippen molar-refractivity contribution in [1.29, 1.82) is 0 Å². The Bertz CT molecular complexity index is 1010. The van der Waals surface area contributed by atoms with Crippen LogP contribution in [0.3, 0.4) is 0 Å². The van der Waals surface area contributed by atoms with E-state index in [0.717, 1.165) is 16.7 Å². The number of halogens is 2. The molecule has 4 heteroatoms. The first-order valence-corrected chi connectivity index (χ1v) is 8.31. The van der Waals surface area contributed by atoms with Gasteiger partial charge in [0, 0.05) is 18.0 Å². The van der Waals surface area contributed by atoms with Crippen LogP contribution in [0, 0.1) is 11.6 Å². The lowest BCUT2D eigenvalue weighted by Crippen LogP contribution is -2.13. The number of rotatable bonds is 4. The molecule has 26 heavy (non-hydrogen) atoms. The van der Waals surface area contributed by atoms with Gasteiger partial charge in [-0.2, -0.15) is 0 Å². The Labute approximate surface area is 150 Å². The van der Waals surface area contributed by atoms with E-state index in [4.69, 9.17) is 0 Å². The molecule has 0 aliphatic rings. The van der Waals surface area contributed by atoms with E-state index in [1.165, 1.54) is 18.2 Å². The van der Waals surface area contributed by atoms with Crippen LogP contribution in [0.15, 0.2) is 91.5 Å². The molecule has 0 saturated heterocycles. The molecular weight excluding hydrogens is 330 g/mol. The van der Waals surface area contributed by atoms with Crippen LogP contribution in [0.5, 0.6) is 0 Å². The quantitative estimate of drug-likeness (QED) is 0.479. The smallest absolute Gasteiger partial charge is 0.128 e. The fraction of sp³-hybridized carbons (Fsp3) is 0.0455. The van der Waals surface area contributed by atoms with Crippen LogP contribution in [0.1, 0.15) is 17.2 Å². The van der Waals surface area contributed by atoms with Gasteiger partial charge in [-0.1, -0.05) is 54.6 Å². The average molecular weight is 346 g/mol. The molecule has 0 unspecified atom stereocenters. The second kappa shape index (κ2) is 6.92. The lowest BCUT2D eigenvalue weighted by molar-refractivity contribution is 0.573. The second-order valence-electron chi connectivity index (χ2n) is 6.03. The lowest BCUT2D eigenvalue weighted by atomic mass is 9.90. The van der Waals surface area contributed by atoms with Crippen LogP contribution in [0.2, 0.25) is 0 Å². The van der Waals surface area contributed by atoms with E-state index in [1.54, 1.807) is 36.8 Å². The molecular formula is C22H16F2N2. The van der Waals surface area contributed by atoms with E-state index in [9.17, 15) is 8.78 Å². The van der Waals surface area contributed by atoms with Gasteiger partial charge in [0.05, 0.1) is 12.4 Å². The van der Waals surface area contributed by atoms with Gasteiger partial charge in [0.1, 0.15) is 11.6 Å². The van der Waals surface area contributed by atoms with E-state index < -0.39 is 0 Å². The van der Waals surface area contributed by atoms with E-state index in [1.807, 2.05) is 41.1 Å². The van der Waals surface area contributed by atoms with Crippen LogP contribution in [0.4, 0.5) is 8.78 Å². The first-order chi connectivity index (χ1) is 12.7. The van der Waals surface area contributed by atoms with Crippen molar-refractivity contribution in [2.45, 2.75) is 6.04 Å². The SMILES string of the molecule is Fc1ccc(-c2ccccc2[C@@H](c2ccccc2F)n2ccnc2)cc1. The molecule has 0 N–H and O–H groups in total. The van der Waals surface area contributed by atoms with Gasteiger partial charge in [-0.15, -0.1) is 0 Å². The van der Waals surface area contributed by atoms with Gasteiger partial charge in [-0.25, -0.2) is 13.8 Å². The Hall–Kier alpha value is -3.27. The van der Waals surface area contributed by atoms with Crippen molar-refractivity contribution in [3.8, 4) is 11.1 Å². The molecule has 0 aliphatic heterocycles. The Morgan fingerprint density at radius 3 is 2.15 bits per heavy atom. The van der Waals surface area contributed by atoms with Crippen molar-refractivity contribution in [3.63, 3.8) is 0 Å². The zero-order chi connectivity index (χ0) is 17.9. The second-order valence-corrected chi connectivity index (χ2v) is 6.03. The molecule has 1 atom stereocenters. The molecule has 0 radical (unpaired) electrons. The first-order valence-electron chi connectivity index (χ1n) is 8.31. The molecule has 2 nitrogen and oxygen atoms in total. The van der Waals surface area contributed by atoms with Crippen molar-refractivity contribution in [3.05, 3.63) is 114 Å². The Balaban J connectivity index is 1.93. The predicted molar refractivity (Wildman–Crippen MR) is 97.7 cm³/mol. The first kappa shape index (κ1) is 16.2. The number of benzene rings is 3. The van der Waals surface area contributed by atoms with Gasteiger partial charge in [0.15, 0.2) is 0 Å². The van der Waals surface area contributed by atoms with E-state index in [-0.39, 0.29) is 17.7 Å². The zero-order valence-electron chi connectivity index (χ0n) is 13.9. The van der Waals surface area contributed by atoms with Gasteiger partial charge in [-0.05, 0) is 34.9 Å². The normalized spacial score (nSPS) is 12.1. The number of hydrogen-bond acceptors (Lipinski definition) is 1. The third-order valence-electron chi connectivity index (χ3n) is 4.43. The maximum absolute atomic E-state index is 14.6. The summed E-state index contributed by atoms with van der Waals surface area (Å²) < 4.78 is 29.8. The molecule has 3 aromatic carbocycles. The number of aromatic nitrogens is 2. The largest absolute Gasteiger partial charge is 0.326 e. The van der Waals surface area contributed by atoms with Crippen LogP contribution >= 0.6 is 0 Å². The minimum atomic E-state index is -0.375. The third-order valence-corrected chi connectivity index (χ3v) is 4.43. The van der Waals surface area contributed by atoms with Gasteiger partial charge in [0.2, 0.25) is 0 Å². The molecule has 128 valence electrons. The number of imidazole rings is 1. The third kappa shape index (κ3) is 3.02. The molecule has 1 heterocycles. The lowest BCUT2D eigenvalue weighted by Gasteiger charge is -2.23. The number of hydrogen-bond donors (Lipinski definition) is 0. The van der Waals surface area contributed by atoms with Crippen LogP contribution < -0.4 is 0 Å². The Morgan fingerprint density at radius 1 is 0.769 bits per heavy atom. The molecule has 4 rings (SSSR count). The summed E-state index contributed by atoms with van der Waals surface area (Å²) in [7, 11) is 0. The standard InChI is InChI=1S/C22H16F2N2/c23-17-11-9-16(10-12-17)18-5-1-2-6-19(18)22(26-14-13-25-15-26)20-7-3-4-8-21(20)24/h1-15,22H/t22-/m0/s1. The summed E-state index contributed by atoms with van der Waals surface area (Å²) in [5, 5.41) is 0. The average Bonchev–Trinajstić information content (AvgIpc) is 3.19. The summed E-state index contributed by atoms with van der Waals surface area (Å²) in [5.41, 5.74) is 3.28. The van der Waals surface area contributed by atoms with Crippen molar-refractivity contribution in [1.82, 2.24) is 9.55 Å². The molecule has 0 spiro atoms. The van der Waals surface area contributed by atoms with Gasteiger partial charge >= 0.3 is 0 Å². The summed E-state index contributed by atoms with van der Waals surface area (Å²) in [5.74, 6) is -0.563. The highest BCUT2D eigenvalue weighted by Gasteiger charge is 2.22. The van der Waals surface area contributed by atoms with Crippen molar-refractivity contribution in [2.24, 2.45) is 0 Å². The monoisotopic (exact) mass is 346 g/mol. The molecule has 0 amide bonds. The van der Waals surface area contributed by atoms with E-state index in [2.05, 4.69) is 4.98 Å². The van der Waals surface area contributed by atoms with Crippen molar-refractivity contribution >= 4 is 0 Å². The van der Waals surface area contributed by atoms with Crippen LogP contribution in [-0.4, -0.2) is 9.55 Å².